The fraction of sp³-hybridized carbons (Fsp3) is 0.333. The lowest BCUT2D eigenvalue weighted by atomic mass is 10.1. The normalized spacial score (nSPS) is 20.9. The number of thiazole rings is 1. The lowest BCUT2D eigenvalue weighted by molar-refractivity contribution is -0.133. The molecule has 0 spiro atoms. The first-order chi connectivity index (χ1) is 14.2. The maximum Gasteiger partial charge on any atom is 0.273 e. The van der Waals surface area contributed by atoms with Gasteiger partial charge in [0.05, 0.1) is 23.2 Å². The molecule has 2 amide bonds. The first-order valence-corrected chi connectivity index (χ1v) is 11.7. The number of hydrazone groups is 1. The quantitative estimate of drug-likeness (QED) is 0.762. The smallest absolute Gasteiger partial charge is 0.273 e. The standard InChI is InChI=1S/C18H16F2N4O4S2/c19-10-1-2-13(20)12(7-10)15-8-29-18(21-15)22-17(26)14-3-4-16(25)24(23-14)11-5-6-30(27,28)9-11/h1-2,7-8,11H,3-6,9H2,(H,21,22,26). The first-order valence-electron chi connectivity index (χ1n) is 9.04. The van der Waals surface area contributed by atoms with Gasteiger partial charge in [0.2, 0.25) is 5.91 Å². The Hall–Kier alpha value is -2.73. The zero-order valence-corrected chi connectivity index (χ0v) is 17.1. The van der Waals surface area contributed by atoms with E-state index < -0.39 is 33.4 Å². The van der Waals surface area contributed by atoms with Crippen molar-refractivity contribution in [2.45, 2.75) is 25.3 Å². The van der Waals surface area contributed by atoms with E-state index in [-0.39, 0.29) is 58.8 Å². The number of sulfone groups is 1. The molecule has 1 fully saturated rings. The van der Waals surface area contributed by atoms with Crippen LogP contribution in [0, 0.1) is 11.6 Å². The van der Waals surface area contributed by atoms with Crippen molar-refractivity contribution in [2.24, 2.45) is 5.10 Å². The number of carbonyl (C=O) groups excluding carboxylic acids is 2. The average molecular weight is 454 g/mol. The molecule has 0 saturated carbocycles. The van der Waals surface area contributed by atoms with Gasteiger partial charge in [-0.05, 0) is 24.6 Å². The highest BCUT2D eigenvalue weighted by Crippen LogP contribution is 2.28. The highest BCUT2D eigenvalue weighted by Gasteiger charge is 2.37. The van der Waals surface area contributed by atoms with Crippen LogP contribution in [0.3, 0.4) is 0 Å². The van der Waals surface area contributed by atoms with Crippen molar-refractivity contribution in [2.75, 3.05) is 16.8 Å². The van der Waals surface area contributed by atoms with Gasteiger partial charge in [0, 0.05) is 23.8 Å². The van der Waals surface area contributed by atoms with Crippen LogP contribution in [0.2, 0.25) is 0 Å². The molecule has 1 unspecified atom stereocenters. The molecule has 0 bridgehead atoms. The van der Waals surface area contributed by atoms with Crippen molar-refractivity contribution in [1.82, 2.24) is 9.99 Å². The number of benzene rings is 1. The molecule has 1 N–H and O–H groups in total. The van der Waals surface area contributed by atoms with Crippen LogP contribution < -0.4 is 5.32 Å². The summed E-state index contributed by atoms with van der Waals surface area (Å²) in [5.74, 6) is -2.36. The highest BCUT2D eigenvalue weighted by atomic mass is 32.2. The number of hydrogen-bond acceptors (Lipinski definition) is 7. The number of amides is 2. The third kappa shape index (κ3) is 4.24. The zero-order valence-electron chi connectivity index (χ0n) is 15.5. The fourth-order valence-electron chi connectivity index (χ4n) is 3.31. The average Bonchev–Trinajstić information content (AvgIpc) is 3.30. The number of nitrogens with zero attached hydrogens (tertiary/aromatic N) is 3. The number of carbonyl (C=O) groups is 2. The topological polar surface area (TPSA) is 109 Å². The van der Waals surface area contributed by atoms with Crippen molar-refractivity contribution in [1.29, 1.82) is 0 Å². The Labute approximate surface area is 174 Å². The van der Waals surface area contributed by atoms with E-state index in [9.17, 15) is 26.8 Å². The van der Waals surface area contributed by atoms with Crippen LogP contribution in [-0.4, -0.2) is 53.5 Å². The van der Waals surface area contributed by atoms with E-state index >= 15 is 0 Å². The number of halogens is 2. The van der Waals surface area contributed by atoms with Crippen LogP contribution in [0.25, 0.3) is 11.3 Å². The van der Waals surface area contributed by atoms with Crippen LogP contribution in [0.4, 0.5) is 13.9 Å². The Morgan fingerprint density at radius 3 is 2.80 bits per heavy atom. The number of anilines is 1. The summed E-state index contributed by atoms with van der Waals surface area (Å²) < 4.78 is 50.7. The Morgan fingerprint density at radius 1 is 1.27 bits per heavy atom. The molecule has 2 aliphatic heterocycles. The molecule has 2 aromatic rings. The molecule has 1 atom stereocenters. The summed E-state index contributed by atoms with van der Waals surface area (Å²) in [6.45, 7) is 0. The summed E-state index contributed by atoms with van der Waals surface area (Å²) in [4.78, 5) is 28.8. The predicted molar refractivity (Wildman–Crippen MR) is 107 cm³/mol. The van der Waals surface area contributed by atoms with Crippen molar-refractivity contribution < 1.29 is 26.8 Å². The number of rotatable bonds is 4. The summed E-state index contributed by atoms with van der Waals surface area (Å²) in [6.07, 6.45) is 0.430. The van der Waals surface area contributed by atoms with Crippen LogP contribution in [0.1, 0.15) is 19.3 Å². The molecule has 1 saturated heterocycles. The zero-order chi connectivity index (χ0) is 21.5. The largest absolute Gasteiger partial charge is 0.297 e. The fourth-order valence-corrected chi connectivity index (χ4v) is 5.70. The van der Waals surface area contributed by atoms with Crippen LogP contribution in [0.15, 0.2) is 28.7 Å². The van der Waals surface area contributed by atoms with E-state index in [1.54, 1.807) is 0 Å². The minimum Gasteiger partial charge on any atom is -0.297 e. The van der Waals surface area contributed by atoms with Gasteiger partial charge in [0.15, 0.2) is 15.0 Å². The number of nitrogens with one attached hydrogen (secondary N) is 1. The van der Waals surface area contributed by atoms with Gasteiger partial charge >= 0.3 is 0 Å². The van der Waals surface area contributed by atoms with Crippen molar-refractivity contribution in [3.8, 4) is 11.3 Å². The van der Waals surface area contributed by atoms with Crippen molar-refractivity contribution in [3.05, 3.63) is 35.2 Å². The molecule has 3 heterocycles. The highest BCUT2D eigenvalue weighted by molar-refractivity contribution is 7.91. The van der Waals surface area contributed by atoms with E-state index in [4.69, 9.17) is 0 Å². The second-order valence-electron chi connectivity index (χ2n) is 6.96. The lowest BCUT2D eigenvalue weighted by Gasteiger charge is -2.27. The molecule has 0 aliphatic carbocycles. The van der Waals surface area contributed by atoms with E-state index in [2.05, 4.69) is 15.4 Å². The number of aromatic nitrogens is 1. The molecule has 158 valence electrons. The molecule has 4 rings (SSSR count). The minimum atomic E-state index is -3.21. The number of hydrogen-bond donors (Lipinski definition) is 1. The van der Waals surface area contributed by atoms with Gasteiger partial charge in [-0.2, -0.15) is 5.10 Å². The molecular weight excluding hydrogens is 438 g/mol. The van der Waals surface area contributed by atoms with Gasteiger partial charge in [-0.3, -0.25) is 14.9 Å². The van der Waals surface area contributed by atoms with Crippen molar-refractivity contribution >= 4 is 43.8 Å². The molecule has 1 aromatic carbocycles. The Kier molecular flexibility index (Phi) is 5.36. The van der Waals surface area contributed by atoms with Gasteiger partial charge in [0.1, 0.15) is 17.3 Å². The molecule has 2 aliphatic rings. The Balaban J connectivity index is 1.50. The van der Waals surface area contributed by atoms with Gasteiger partial charge in [-0.1, -0.05) is 0 Å². The van der Waals surface area contributed by atoms with E-state index in [0.717, 1.165) is 34.5 Å². The van der Waals surface area contributed by atoms with Crippen LogP contribution >= 0.6 is 11.3 Å². The van der Waals surface area contributed by atoms with E-state index in [0.29, 0.717) is 0 Å². The van der Waals surface area contributed by atoms with Gasteiger partial charge in [0.25, 0.3) is 5.91 Å². The van der Waals surface area contributed by atoms with Gasteiger partial charge < -0.3 is 0 Å². The second kappa shape index (κ2) is 7.84. The molecular formula is C18H16F2N4O4S2. The summed E-state index contributed by atoms with van der Waals surface area (Å²) in [7, 11) is -3.21. The second-order valence-corrected chi connectivity index (χ2v) is 10.0. The molecule has 1 aromatic heterocycles. The molecule has 30 heavy (non-hydrogen) atoms. The summed E-state index contributed by atoms with van der Waals surface area (Å²) in [5, 5.41) is 9.37. The molecule has 8 nitrogen and oxygen atoms in total. The summed E-state index contributed by atoms with van der Waals surface area (Å²) in [6, 6.07) is 2.43. The lowest BCUT2D eigenvalue weighted by Crippen LogP contribution is -2.42. The third-order valence-corrected chi connectivity index (χ3v) is 7.31. The van der Waals surface area contributed by atoms with Crippen molar-refractivity contribution in [3.63, 3.8) is 0 Å². The van der Waals surface area contributed by atoms with Gasteiger partial charge in [-0.25, -0.2) is 27.2 Å². The third-order valence-electron chi connectivity index (χ3n) is 4.81. The minimum absolute atomic E-state index is 0.0168. The van der Waals surface area contributed by atoms with Crippen LogP contribution in [-0.2, 0) is 19.4 Å². The molecule has 0 radical (unpaired) electrons. The van der Waals surface area contributed by atoms with E-state index in [1.165, 1.54) is 5.38 Å². The predicted octanol–water partition coefficient (Wildman–Crippen LogP) is 2.19. The van der Waals surface area contributed by atoms with Gasteiger partial charge in [-0.15, -0.1) is 11.3 Å². The maximum absolute atomic E-state index is 13.9. The molecule has 12 heteroatoms. The monoisotopic (exact) mass is 454 g/mol. The maximum atomic E-state index is 13.9. The Bertz CT molecular complexity index is 1160. The van der Waals surface area contributed by atoms with E-state index in [1.807, 2.05) is 0 Å². The Morgan fingerprint density at radius 2 is 2.07 bits per heavy atom. The first kappa shape index (κ1) is 20.5. The summed E-state index contributed by atoms with van der Waals surface area (Å²) in [5.41, 5.74) is 0.222. The van der Waals surface area contributed by atoms with Crippen LogP contribution in [0.5, 0.6) is 0 Å². The summed E-state index contributed by atoms with van der Waals surface area (Å²) >= 11 is 1.03. The SMILES string of the molecule is O=C(Nc1nc(-c2cc(F)ccc2F)cs1)C1=NN(C2CCS(=O)(=O)C2)C(=O)CC1.